The molecule has 0 saturated heterocycles. The molecule has 0 spiro atoms. The average Bonchev–Trinajstić information content (AvgIpc) is 2.37. The predicted octanol–water partition coefficient (Wildman–Crippen LogP) is 2.27. The Hall–Kier alpha value is -1.27. The number of nitrogens with one attached hydrogen (secondary N) is 1. The van der Waals surface area contributed by atoms with Crippen LogP contribution in [0.25, 0.3) is 0 Å². The van der Waals surface area contributed by atoms with Crippen molar-refractivity contribution in [2.75, 3.05) is 24.2 Å². The Morgan fingerprint density at radius 1 is 1.40 bits per heavy atom. The number of hydrogen-bond donors (Lipinski definition) is 1. The number of unbranched alkanes of at least 4 members (excludes halogenated alkanes) is 1. The summed E-state index contributed by atoms with van der Waals surface area (Å²) in [5.41, 5.74) is 0.674. The number of benzene rings is 1. The monoisotopic (exact) mass is 318 g/mol. The van der Waals surface area contributed by atoms with Gasteiger partial charge in [-0.1, -0.05) is 24.9 Å². The van der Waals surface area contributed by atoms with Crippen LogP contribution in [0, 0.1) is 0 Å². The summed E-state index contributed by atoms with van der Waals surface area (Å²) in [6, 6.07) is 4.57. The lowest BCUT2D eigenvalue weighted by molar-refractivity contribution is 0.0953. The standard InChI is InChI=1S/C13H19ClN2O3S/c1-4-5-8-15-13(17)10-6-7-11(14)12(9-10)16(2)20(3,18)19/h6-7,9H,4-5,8H2,1-3H3,(H,15,17). The van der Waals surface area contributed by atoms with E-state index in [0.717, 1.165) is 23.4 Å². The van der Waals surface area contributed by atoms with Crippen molar-refractivity contribution in [3.8, 4) is 0 Å². The molecule has 0 heterocycles. The van der Waals surface area contributed by atoms with Crippen LogP contribution < -0.4 is 9.62 Å². The van der Waals surface area contributed by atoms with Gasteiger partial charge in [0.1, 0.15) is 0 Å². The Morgan fingerprint density at radius 2 is 2.05 bits per heavy atom. The fraction of sp³-hybridized carbons (Fsp3) is 0.462. The topological polar surface area (TPSA) is 66.5 Å². The minimum Gasteiger partial charge on any atom is -0.352 e. The Balaban J connectivity index is 3.00. The van der Waals surface area contributed by atoms with Crippen LogP contribution in [-0.2, 0) is 10.0 Å². The molecule has 5 nitrogen and oxygen atoms in total. The first-order chi connectivity index (χ1) is 9.27. The van der Waals surface area contributed by atoms with Crippen molar-refractivity contribution in [2.24, 2.45) is 0 Å². The van der Waals surface area contributed by atoms with Crippen LogP contribution in [0.3, 0.4) is 0 Å². The summed E-state index contributed by atoms with van der Waals surface area (Å²) in [6.45, 7) is 2.63. The van der Waals surface area contributed by atoms with Crippen LogP contribution in [-0.4, -0.2) is 34.2 Å². The highest BCUT2D eigenvalue weighted by atomic mass is 35.5. The lowest BCUT2D eigenvalue weighted by Gasteiger charge is -2.18. The molecule has 20 heavy (non-hydrogen) atoms. The molecular formula is C13H19ClN2O3S. The van der Waals surface area contributed by atoms with Crippen molar-refractivity contribution in [3.05, 3.63) is 28.8 Å². The van der Waals surface area contributed by atoms with Gasteiger partial charge in [0.05, 0.1) is 17.0 Å². The van der Waals surface area contributed by atoms with Gasteiger partial charge in [0.2, 0.25) is 10.0 Å². The summed E-state index contributed by atoms with van der Waals surface area (Å²) in [5.74, 6) is -0.238. The molecule has 112 valence electrons. The van der Waals surface area contributed by atoms with Gasteiger partial charge < -0.3 is 5.32 Å². The zero-order chi connectivity index (χ0) is 15.3. The third-order valence-electron chi connectivity index (χ3n) is 2.86. The van der Waals surface area contributed by atoms with Crippen LogP contribution in [0.2, 0.25) is 5.02 Å². The Morgan fingerprint density at radius 3 is 2.60 bits per heavy atom. The summed E-state index contributed by atoms with van der Waals surface area (Å²) in [4.78, 5) is 11.9. The summed E-state index contributed by atoms with van der Waals surface area (Å²) < 4.78 is 24.1. The number of sulfonamides is 1. The Labute approximate surface area is 125 Å². The van der Waals surface area contributed by atoms with Gasteiger partial charge in [-0.05, 0) is 24.6 Å². The molecule has 1 aromatic carbocycles. The zero-order valence-electron chi connectivity index (χ0n) is 11.8. The van der Waals surface area contributed by atoms with Crippen LogP contribution in [0.4, 0.5) is 5.69 Å². The number of anilines is 1. The van der Waals surface area contributed by atoms with Gasteiger partial charge in [0, 0.05) is 19.2 Å². The lowest BCUT2D eigenvalue weighted by Crippen LogP contribution is -2.27. The molecule has 0 fully saturated rings. The molecule has 0 aliphatic heterocycles. The molecule has 0 radical (unpaired) electrons. The number of hydrogen-bond acceptors (Lipinski definition) is 3. The molecule has 1 aromatic rings. The van der Waals surface area contributed by atoms with E-state index in [0.29, 0.717) is 12.1 Å². The first-order valence-corrected chi connectivity index (χ1v) is 8.51. The maximum absolute atomic E-state index is 11.9. The summed E-state index contributed by atoms with van der Waals surface area (Å²) >= 11 is 5.99. The molecular weight excluding hydrogens is 300 g/mol. The molecule has 7 heteroatoms. The van der Waals surface area contributed by atoms with Crippen LogP contribution in [0.1, 0.15) is 30.1 Å². The highest BCUT2D eigenvalue weighted by Crippen LogP contribution is 2.27. The number of carbonyl (C=O) groups excluding carboxylic acids is 1. The second-order valence-corrected chi connectivity index (χ2v) is 6.93. The molecule has 1 amide bonds. The van der Waals surface area contributed by atoms with Gasteiger partial charge in [-0.2, -0.15) is 0 Å². The van der Waals surface area contributed by atoms with E-state index in [-0.39, 0.29) is 16.6 Å². The smallest absolute Gasteiger partial charge is 0.251 e. The highest BCUT2D eigenvalue weighted by molar-refractivity contribution is 7.92. The van der Waals surface area contributed by atoms with Crippen molar-refractivity contribution >= 4 is 33.2 Å². The third kappa shape index (κ3) is 4.38. The first-order valence-electron chi connectivity index (χ1n) is 6.29. The van der Waals surface area contributed by atoms with Crippen molar-refractivity contribution in [1.82, 2.24) is 5.32 Å². The molecule has 0 atom stereocenters. The summed E-state index contributed by atoms with van der Waals surface area (Å²) in [6.07, 6.45) is 2.97. The second-order valence-electron chi connectivity index (χ2n) is 4.51. The molecule has 0 bridgehead atoms. The van der Waals surface area contributed by atoms with Gasteiger partial charge in [0.25, 0.3) is 5.91 Å². The van der Waals surface area contributed by atoms with Crippen molar-refractivity contribution in [2.45, 2.75) is 19.8 Å². The summed E-state index contributed by atoms with van der Waals surface area (Å²) in [7, 11) is -2.03. The van der Waals surface area contributed by atoms with E-state index < -0.39 is 10.0 Å². The fourth-order valence-corrected chi connectivity index (χ4v) is 2.36. The quantitative estimate of drug-likeness (QED) is 0.818. The number of carbonyl (C=O) groups is 1. The number of nitrogens with zero attached hydrogens (tertiary/aromatic N) is 1. The third-order valence-corrected chi connectivity index (χ3v) is 4.37. The van der Waals surface area contributed by atoms with Crippen molar-refractivity contribution in [3.63, 3.8) is 0 Å². The van der Waals surface area contributed by atoms with E-state index >= 15 is 0 Å². The molecule has 0 aliphatic carbocycles. The van der Waals surface area contributed by atoms with E-state index in [1.165, 1.54) is 19.2 Å². The first kappa shape index (κ1) is 16.8. The van der Waals surface area contributed by atoms with E-state index in [4.69, 9.17) is 11.6 Å². The van der Waals surface area contributed by atoms with Crippen molar-refractivity contribution < 1.29 is 13.2 Å². The van der Waals surface area contributed by atoms with Crippen LogP contribution >= 0.6 is 11.6 Å². The van der Waals surface area contributed by atoms with E-state index in [2.05, 4.69) is 5.32 Å². The van der Waals surface area contributed by atoms with Gasteiger partial charge in [0.15, 0.2) is 0 Å². The van der Waals surface area contributed by atoms with Crippen molar-refractivity contribution in [1.29, 1.82) is 0 Å². The van der Waals surface area contributed by atoms with Crippen LogP contribution in [0.5, 0.6) is 0 Å². The van der Waals surface area contributed by atoms with E-state index in [1.807, 2.05) is 6.92 Å². The highest BCUT2D eigenvalue weighted by Gasteiger charge is 2.17. The average molecular weight is 319 g/mol. The largest absolute Gasteiger partial charge is 0.352 e. The minimum absolute atomic E-state index is 0.238. The Bertz CT molecular complexity index is 587. The van der Waals surface area contributed by atoms with E-state index in [1.54, 1.807) is 6.07 Å². The predicted molar refractivity (Wildman–Crippen MR) is 81.9 cm³/mol. The van der Waals surface area contributed by atoms with Gasteiger partial charge >= 0.3 is 0 Å². The summed E-state index contributed by atoms with van der Waals surface area (Å²) in [5, 5.41) is 3.05. The van der Waals surface area contributed by atoms with Gasteiger partial charge in [-0.15, -0.1) is 0 Å². The molecule has 1 rings (SSSR count). The zero-order valence-corrected chi connectivity index (χ0v) is 13.4. The Kier molecular flexibility index (Phi) is 5.83. The molecule has 1 N–H and O–H groups in total. The number of amides is 1. The number of halogens is 1. The molecule has 0 aliphatic rings. The van der Waals surface area contributed by atoms with Crippen LogP contribution in [0.15, 0.2) is 18.2 Å². The molecule has 0 unspecified atom stereocenters. The van der Waals surface area contributed by atoms with Gasteiger partial charge in [-0.25, -0.2) is 8.42 Å². The normalized spacial score (nSPS) is 11.2. The molecule has 0 saturated carbocycles. The maximum Gasteiger partial charge on any atom is 0.251 e. The maximum atomic E-state index is 11.9. The number of rotatable bonds is 6. The minimum atomic E-state index is -3.42. The SMILES string of the molecule is CCCCNC(=O)c1ccc(Cl)c(N(C)S(C)(=O)=O)c1. The fourth-order valence-electron chi connectivity index (χ4n) is 1.55. The second kappa shape index (κ2) is 6.95. The van der Waals surface area contributed by atoms with E-state index in [9.17, 15) is 13.2 Å². The van der Waals surface area contributed by atoms with Gasteiger partial charge in [-0.3, -0.25) is 9.10 Å². The lowest BCUT2D eigenvalue weighted by atomic mass is 10.2. The molecule has 0 aromatic heterocycles.